The number of carbonyl (C=O) groups is 1. The van der Waals surface area contributed by atoms with Crippen LogP contribution in [0.25, 0.3) is 5.57 Å². The number of hydrogen-bond acceptors (Lipinski definition) is 3. The lowest BCUT2D eigenvalue weighted by Gasteiger charge is -2.02. The van der Waals surface area contributed by atoms with Gasteiger partial charge in [0.2, 0.25) is 0 Å². The smallest absolute Gasteiger partial charge is 0.335 e. The van der Waals surface area contributed by atoms with Gasteiger partial charge >= 0.3 is 5.97 Å². The van der Waals surface area contributed by atoms with E-state index in [0.29, 0.717) is 4.47 Å². The molecule has 1 aromatic carbocycles. The molecule has 0 aliphatic rings. The van der Waals surface area contributed by atoms with Crippen molar-refractivity contribution in [2.75, 3.05) is 0 Å². The van der Waals surface area contributed by atoms with Gasteiger partial charge in [-0.15, -0.1) is 0 Å². The summed E-state index contributed by atoms with van der Waals surface area (Å²) in [4.78, 5) is 20.6. The molecule has 0 spiro atoms. The molecule has 0 radical (unpaired) electrons. The van der Waals surface area contributed by atoms with Gasteiger partial charge in [-0.1, -0.05) is 22.5 Å². The second-order valence-corrected chi connectivity index (χ2v) is 3.62. The first-order valence-electron chi connectivity index (χ1n) is 3.80. The zero-order valence-electron chi connectivity index (χ0n) is 7.44. The molecular weight excluding hydrogens is 266 g/mol. The predicted octanol–water partition coefficient (Wildman–Crippen LogP) is 2.46. The van der Waals surface area contributed by atoms with Gasteiger partial charge in [0.15, 0.2) is 0 Å². The Morgan fingerprint density at radius 1 is 1.53 bits per heavy atom. The summed E-state index contributed by atoms with van der Waals surface area (Å²) >= 11 is 3.07. The second-order valence-electron chi connectivity index (χ2n) is 2.70. The number of nitro groups is 1. The van der Waals surface area contributed by atoms with Crippen molar-refractivity contribution in [2.24, 2.45) is 0 Å². The summed E-state index contributed by atoms with van der Waals surface area (Å²) < 4.78 is 0.510. The molecule has 0 heterocycles. The fourth-order valence-corrected chi connectivity index (χ4v) is 1.38. The summed E-state index contributed by atoms with van der Waals surface area (Å²) in [6.07, 6.45) is 0. The van der Waals surface area contributed by atoms with Gasteiger partial charge in [0.1, 0.15) is 0 Å². The van der Waals surface area contributed by atoms with Crippen LogP contribution in [0.4, 0.5) is 5.69 Å². The summed E-state index contributed by atoms with van der Waals surface area (Å²) in [5, 5.41) is 19.3. The fraction of sp³-hybridized carbons (Fsp3) is 0. The minimum atomic E-state index is -1.28. The van der Waals surface area contributed by atoms with Gasteiger partial charge < -0.3 is 5.11 Å². The van der Waals surface area contributed by atoms with Crippen LogP contribution in [0.1, 0.15) is 5.56 Å². The minimum Gasteiger partial charge on any atom is -0.478 e. The van der Waals surface area contributed by atoms with Crippen LogP contribution in [0.5, 0.6) is 0 Å². The molecule has 0 amide bonds. The van der Waals surface area contributed by atoms with Gasteiger partial charge in [0.25, 0.3) is 5.69 Å². The molecule has 0 saturated heterocycles. The Morgan fingerprint density at radius 3 is 2.60 bits per heavy atom. The highest BCUT2D eigenvalue weighted by molar-refractivity contribution is 9.10. The Balaban J connectivity index is 3.35. The summed E-state index contributed by atoms with van der Waals surface area (Å²) in [7, 11) is 0. The topological polar surface area (TPSA) is 80.4 Å². The van der Waals surface area contributed by atoms with Crippen LogP contribution in [-0.2, 0) is 4.79 Å². The van der Waals surface area contributed by atoms with Crippen molar-refractivity contribution in [3.8, 4) is 0 Å². The summed E-state index contributed by atoms with van der Waals surface area (Å²) in [6.45, 7) is 3.28. The Morgan fingerprint density at radius 2 is 2.13 bits per heavy atom. The first-order valence-corrected chi connectivity index (χ1v) is 4.59. The Hall–Kier alpha value is -1.69. The fourth-order valence-electron chi connectivity index (χ4n) is 1.03. The van der Waals surface area contributed by atoms with E-state index in [4.69, 9.17) is 5.11 Å². The molecule has 1 aromatic rings. The summed E-state index contributed by atoms with van der Waals surface area (Å²) in [5.41, 5.74) is -0.568. The molecule has 0 fully saturated rings. The molecular formula is C9H6BrNO4. The molecule has 6 heteroatoms. The lowest BCUT2D eigenvalue weighted by atomic mass is 10.1. The number of hydrogen-bond donors (Lipinski definition) is 1. The average molecular weight is 272 g/mol. The highest BCUT2D eigenvalue weighted by atomic mass is 79.9. The Labute approximate surface area is 93.3 Å². The number of nitrogens with zero attached hydrogens (tertiary/aromatic N) is 1. The molecule has 78 valence electrons. The van der Waals surface area contributed by atoms with Crippen LogP contribution in [0.15, 0.2) is 29.3 Å². The van der Waals surface area contributed by atoms with Gasteiger partial charge in [-0.25, -0.2) is 4.79 Å². The third kappa shape index (κ3) is 2.41. The highest BCUT2D eigenvalue weighted by Crippen LogP contribution is 2.28. The van der Waals surface area contributed by atoms with Crippen LogP contribution >= 0.6 is 15.9 Å². The summed E-state index contributed by atoms with van der Waals surface area (Å²) in [5.74, 6) is -1.28. The van der Waals surface area contributed by atoms with E-state index in [1.165, 1.54) is 18.2 Å². The van der Waals surface area contributed by atoms with Crippen LogP contribution in [0, 0.1) is 10.1 Å². The molecule has 0 aliphatic heterocycles. The molecule has 0 unspecified atom stereocenters. The van der Waals surface area contributed by atoms with Crippen molar-refractivity contribution in [3.63, 3.8) is 0 Å². The largest absolute Gasteiger partial charge is 0.478 e. The Bertz CT molecular complexity index is 455. The molecule has 0 bridgehead atoms. The van der Waals surface area contributed by atoms with Gasteiger partial charge in [-0.3, -0.25) is 10.1 Å². The number of benzene rings is 1. The third-order valence-corrected chi connectivity index (χ3v) is 2.23. The van der Waals surface area contributed by atoms with Crippen molar-refractivity contribution in [3.05, 3.63) is 44.9 Å². The average Bonchev–Trinajstić information content (AvgIpc) is 2.16. The maximum atomic E-state index is 10.7. The highest BCUT2D eigenvalue weighted by Gasteiger charge is 2.19. The zero-order chi connectivity index (χ0) is 11.6. The second kappa shape index (κ2) is 4.22. The molecule has 15 heavy (non-hydrogen) atoms. The third-order valence-electron chi connectivity index (χ3n) is 1.74. The van der Waals surface area contributed by atoms with E-state index in [9.17, 15) is 14.9 Å². The minimum absolute atomic E-state index is 0.00991. The lowest BCUT2D eigenvalue weighted by molar-refractivity contribution is -0.385. The number of aliphatic carboxylic acids is 1. The molecule has 5 nitrogen and oxygen atoms in total. The van der Waals surface area contributed by atoms with Crippen molar-refractivity contribution in [2.45, 2.75) is 0 Å². The number of halogens is 1. The molecule has 1 rings (SSSR count). The van der Waals surface area contributed by atoms with Gasteiger partial charge in [-0.2, -0.15) is 0 Å². The Kier molecular flexibility index (Phi) is 3.21. The molecule has 0 aromatic heterocycles. The van der Waals surface area contributed by atoms with Crippen molar-refractivity contribution in [1.82, 2.24) is 0 Å². The monoisotopic (exact) mass is 271 g/mol. The first kappa shape index (κ1) is 11.4. The normalized spacial score (nSPS) is 9.67. The number of nitro benzene ring substituents is 1. The van der Waals surface area contributed by atoms with Crippen molar-refractivity contribution >= 4 is 33.2 Å². The molecule has 1 N–H and O–H groups in total. The van der Waals surface area contributed by atoms with Crippen LogP contribution < -0.4 is 0 Å². The zero-order valence-corrected chi connectivity index (χ0v) is 9.02. The van der Waals surface area contributed by atoms with Crippen LogP contribution in [0.2, 0.25) is 0 Å². The molecule has 0 saturated carbocycles. The number of rotatable bonds is 3. The lowest BCUT2D eigenvalue weighted by Crippen LogP contribution is -2.01. The van der Waals surface area contributed by atoms with E-state index >= 15 is 0 Å². The van der Waals surface area contributed by atoms with Gasteiger partial charge in [0.05, 0.1) is 16.1 Å². The van der Waals surface area contributed by atoms with Crippen molar-refractivity contribution in [1.29, 1.82) is 0 Å². The number of carboxylic acids is 1. The first-order chi connectivity index (χ1) is 6.93. The van der Waals surface area contributed by atoms with E-state index in [0.717, 1.165) is 0 Å². The standard InChI is InChI=1S/C9H6BrNO4/c1-5(9(12)13)7-3-2-6(10)4-8(7)11(14)15/h2-4H,1H2,(H,12,13). The SMILES string of the molecule is C=C(C(=O)O)c1ccc(Br)cc1[N+](=O)[O-]. The van der Waals surface area contributed by atoms with Gasteiger partial charge in [0, 0.05) is 10.5 Å². The van der Waals surface area contributed by atoms with Gasteiger partial charge in [-0.05, 0) is 12.1 Å². The van der Waals surface area contributed by atoms with E-state index in [1.54, 1.807) is 0 Å². The van der Waals surface area contributed by atoms with E-state index in [1.807, 2.05) is 0 Å². The van der Waals surface area contributed by atoms with Crippen LogP contribution in [0.3, 0.4) is 0 Å². The molecule has 0 atom stereocenters. The maximum absolute atomic E-state index is 10.7. The van der Waals surface area contributed by atoms with Crippen LogP contribution in [-0.4, -0.2) is 16.0 Å². The summed E-state index contributed by atoms with van der Waals surface area (Å²) in [6, 6.07) is 4.11. The van der Waals surface area contributed by atoms with E-state index in [2.05, 4.69) is 22.5 Å². The van der Waals surface area contributed by atoms with E-state index < -0.39 is 10.9 Å². The maximum Gasteiger partial charge on any atom is 0.335 e. The molecule has 0 aliphatic carbocycles. The van der Waals surface area contributed by atoms with E-state index in [-0.39, 0.29) is 16.8 Å². The predicted molar refractivity (Wildman–Crippen MR) is 57.5 cm³/mol. The van der Waals surface area contributed by atoms with Crippen molar-refractivity contribution < 1.29 is 14.8 Å². The number of carboxylic acid groups (broad SMARTS) is 1. The quantitative estimate of drug-likeness (QED) is 0.520.